The molecule has 0 atom stereocenters. The second kappa shape index (κ2) is 10.6. The molecule has 5 heteroatoms. The molecule has 0 unspecified atom stereocenters. The number of rotatable bonds is 8. The Balaban J connectivity index is 1.27. The fourth-order valence-corrected chi connectivity index (χ4v) is 3.61. The summed E-state index contributed by atoms with van der Waals surface area (Å²) in [5.41, 5.74) is 3.24. The van der Waals surface area contributed by atoms with Crippen LogP contribution in [-0.4, -0.2) is 42.9 Å². The maximum Gasteiger partial charge on any atom is 0.224 e. The molecule has 2 aromatic carbocycles. The molecule has 29 heavy (non-hydrogen) atoms. The highest BCUT2D eigenvalue weighted by molar-refractivity contribution is 5.90. The molecule has 0 aromatic heterocycles. The van der Waals surface area contributed by atoms with Gasteiger partial charge in [-0.3, -0.25) is 9.59 Å². The van der Waals surface area contributed by atoms with Crippen molar-refractivity contribution in [2.24, 2.45) is 0 Å². The van der Waals surface area contributed by atoms with E-state index in [4.69, 9.17) is 0 Å². The Morgan fingerprint density at radius 1 is 0.828 bits per heavy atom. The molecular formula is C24H31N3O2. The number of carbonyl (C=O) groups excluding carboxylic acids is 2. The molecule has 2 amide bonds. The molecule has 0 bridgehead atoms. The lowest BCUT2D eigenvalue weighted by molar-refractivity contribution is -0.131. The van der Waals surface area contributed by atoms with Gasteiger partial charge >= 0.3 is 0 Å². The molecule has 5 nitrogen and oxygen atoms in total. The molecule has 1 aliphatic heterocycles. The summed E-state index contributed by atoms with van der Waals surface area (Å²) in [6.07, 6.45) is 3.63. The van der Waals surface area contributed by atoms with Gasteiger partial charge in [0.25, 0.3) is 0 Å². The molecule has 0 radical (unpaired) electrons. The van der Waals surface area contributed by atoms with Gasteiger partial charge < -0.3 is 15.1 Å². The van der Waals surface area contributed by atoms with Crippen molar-refractivity contribution in [3.63, 3.8) is 0 Å². The van der Waals surface area contributed by atoms with Gasteiger partial charge in [-0.15, -0.1) is 0 Å². The third kappa shape index (κ3) is 6.63. The van der Waals surface area contributed by atoms with Gasteiger partial charge in [0.2, 0.25) is 11.8 Å². The van der Waals surface area contributed by atoms with E-state index in [9.17, 15) is 9.59 Å². The summed E-state index contributed by atoms with van der Waals surface area (Å²) < 4.78 is 0. The number of nitrogens with one attached hydrogen (secondary N) is 1. The van der Waals surface area contributed by atoms with E-state index in [2.05, 4.69) is 22.3 Å². The SMILES string of the molecule is Cc1ccc(NC(=O)CCCCCC(=O)N2CCN(c3ccccc3)CC2)cc1. The lowest BCUT2D eigenvalue weighted by Crippen LogP contribution is -2.48. The number of hydrogen-bond donors (Lipinski definition) is 1. The Bertz CT molecular complexity index is 782. The number of carbonyl (C=O) groups is 2. The van der Waals surface area contributed by atoms with Crippen LogP contribution in [0.25, 0.3) is 0 Å². The third-order valence-corrected chi connectivity index (χ3v) is 5.38. The molecule has 0 spiro atoms. The average molecular weight is 394 g/mol. The first kappa shape index (κ1) is 20.9. The summed E-state index contributed by atoms with van der Waals surface area (Å²) in [4.78, 5) is 28.7. The number of hydrogen-bond acceptors (Lipinski definition) is 3. The molecule has 1 heterocycles. The minimum atomic E-state index is 0.0391. The molecule has 1 fully saturated rings. The van der Waals surface area contributed by atoms with Crippen molar-refractivity contribution in [1.29, 1.82) is 0 Å². The second-order valence-electron chi connectivity index (χ2n) is 7.68. The van der Waals surface area contributed by atoms with Crippen LogP contribution >= 0.6 is 0 Å². The predicted octanol–water partition coefficient (Wildman–Crippen LogP) is 4.23. The first-order valence-corrected chi connectivity index (χ1v) is 10.6. The number of aryl methyl sites for hydroxylation is 1. The van der Waals surface area contributed by atoms with Gasteiger partial charge in [-0.1, -0.05) is 42.3 Å². The highest BCUT2D eigenvalue weighted by Gasteiger charge is 2.20. The highest BCUT2D eigenvalue weighted by atomic mass is 16.2. The monoisotopic (exact) mass is 393 g/mol. The third-order valence-electron chi connectivity index (χ3n) is 5.38. The number of unbranched alkanes of at least 4 members (excludes halogenated alkanes) is 2. The number of para-hydroxylation sites is 1. The Labute approximate surface area is 173 Å². The van der Waals surface area contributed by atoms with Gasteiger partial charge in [0.05, 0.1) is 0 Å². The van der Waals surface area contributed by atoms with Gasteiger partial charge in [0.1, 0.15) is 0 Å². The van der Waals surface area contributed by atoms with Gasteiger partial charge in [-0.2, -0.15) is 0 Å². The molecule has 0 aliphatic carbocycles. The number of amides is 2. The van der Waals surface area contributed by atoms with Crippen molar-refractivity contribution in [3.8, 4) is 0 Å². The number of benzene rings is 2. The van der Waals surface area contributed by atoms with Crippen LogP contribution in [0.3, 0.4) is 0 Å². The number of piperazine rings is 1. The zero-order valence-corrected chi connectivity index (χ0v) is 17.3. The summed E-state index contributed by atoms with van der Waals surface area (Å²) in [7, 11) is 0. The normalized spacial score (nSPS) is 14.0. The van der Waals surface area contributed by atoms with E-state index in [1.54, 1.807) is 0 Å². The van der Waals surface area contributed by atoms with E-state index in [0.717, 1.165) is 51.1 Å². The Hall–Kier alpha value is -2.82. The van der Waals surface area contributed by atoms with Crippen molar-refractivity contribution in [1.82, 2.24) is 4.90 Å². The van der Waals surface area contributed by atoms with E-state index in [0.29, 0.717) is 12.8 Å². The van der Waals surface area contributed by atoms with E-state index in [-0.39, 0.29) is 11.8 Å². The van der Waals surface area contributed by atoms with Gasteiger partial charge in [0.15, 0.2) is 0 Å². The van der Waals surface area contributed by atoms with Crippen LogP contribution in [0.2, 0.25) is 0 Å². The van der Waals surface area contributed by atoms with Crippen LogP contribution in [0.15, 0.2) is 54.6 Å². The molecule has 3 rings (SSSR count). The Morgan fingerprint density at radius 2 is 1.48 bits per heavy atom. The Morgan fingerprint density at radius 3 is 2.17 bits per heavy atom. The van der Waals surface area contributed by atoms with Gasteiger partial charge in [-0.05, 0) is 44.0 Å². The molecule has 2 aromatic rings. The first-order valence-electron chi connectivity index (χ1n) is 10.6. The van der Waals surface area contributed by atoms with E-state index in [1.807, 2.05) is 54.3 Å². The number of nitrogens with zero attached hydrogens (tertiary/aromatic N) is 2. The van der Waals surface area contributed by atoms with E-state index in [1.165, 1.54) is 11.3 Å². The molecule has 1 N–H and O–H groups in total. The fraction of sp³-hybridized carbons (Fsp3) is 0.417. The maximum atomic E-state index is 12.4. The van der Waals surface area contributed by atoms with Crippen molar-refractivity contribution in [2.45, 2.75) is 39.0 Å². The van der Waals surface area contributed by atoms with Crippen LogP contribution in [0.5, 0.6) is 0 Å². The highest BCUT2D eigenvalue weighted by Crippen LogP contribution is 2.16. The Kier molecular flexibility index (Phi) is 7.68. The number of anilines is 2. The quantitative estimate of drug-likeness (QED) is 0.683. The second-order valence-corrected chi connectivity index (χ2v) is 7.68. The van der Waals surface area contributed by atoms with Gasteiger partial charge in [0, 0.05) is 50.4 Å². The molecule has 0 saturated carbocycles. The maximum absolute atomic E-state index is 12.4. The summed E-state index contributed by atoms with van der Waals surface area (Å²) in [6, 6.07) is 18.2. The zero-order valence-electron chi connectivity index (χ0n) is 17.3. The van der Waals surface area contributed by atoms with Gasteiger partial charge in [-0.25, -0.2) is 0 Å². The minimum Gasteiger partial charge on any atom is -0.368 e. The molecular weight excluding hydrogens is 362 g/mol. The van der Waals surface area contributed by atoms with E-state index < -0.39 is 0 Å². The average Bonchev–Trinajstić information content (AvgIpc) is 2.76. The van der Waals surface area contributed by atoms with E-state index >= 15 is 0 Å². The summed E-state index contributed by atoms with van der Waals surface area (Å²) >= 11 is 0. The summed E-state index contributed by atoms with van der Waals surface area (Å²) in [5, 5.41) is 2.92. The first-order chi connectivity index (χ1) is 14.1. The van der Waals surface area contributed by atoms with Crippen LogP contribution < -0.4 is 10.2 Å². The molecule has 1 saturated heterocycles. The van der Waals surface area contributed by atoms with Crippen molar-refractivity contribution in [3.05, 3.63) is 60.2 Å². The summed E-state index contributed by atoms with van der Waals surface area (Å²) in [5.74, 6) is 0.277. The summed E-state index contributed by atoms with van der Waals surface area (Å²) in [6.45, 7) is 5.36. The van der Waals surface area contributed by atoms with Crippen LogP contribution in [0, 0.1) is 6.92 Å². The molecule has 1 aliphatic rings. The zero-order chi connectivity index (χ0) is 20.5. The minimum absolute atomic E-state index is 0.0391. The van der Waals surface area contributed by atoms with Crippen molar-refractivity contribution < 1.29 is 9.59 Å². The fourth-order valence-electron chi connectivity index (χ4n) is 3.61. The largest absolute Gasteiger partial charge is 0.368 e. The van der Waals surface area contributed by atoms with Crippen LogP contribution in [-0.2, 0) is 9.59 Å². The lowest BCUT2D eigenvalue weighted by Gasteiger charge is -2.36. The lowest BCUT2D eigenvalue weighted by atomic mass is 10.1. The van der Waals surface area contributed by atoms with Crippen molar-refractivity contribution >= 4 is 23.2 Å². The smallest absolute Gasteiger partial charge is 0.224 e. The predicted molar refractivity (Wildman–Crippen MR) is 118 cm³/mol. The van der Waals surface area contributed by atoms with Crippen molar-refractivity contribution in [2.75, 3.05) is 36.4 Å². The van der Waals surface area contributed by atoms with Crippen LogP contribution in [0.4, 0.5) is 11.4 Å². The van der Waals surface area contributed by atoms with Crippen LogP contribution in [0.1, 0.15) is 37.7 Å². The molecule has 154 valence electrons. The standard InChI is InChI=1S/C24H31N3O2/c1-20-12-14-21(15-13-20)25-23(28)10-6-3-7-11-24(29)27-18-16-26(17-19-27)22-8-4-2-5-9-22/h2,4-5,8-9,12-15H,3,6-7,10-11,16-19H2,1H3,(H,25,28). The topological polar surface area (TPSA) is 52.7 Å².